The van der Waals surface area contributed by atoms with Gasteiger partial charge in [0.15, 0.2) is 5.69 Å². The van der Waals surface area contributed by atoms with Crippen LogP contribution >= 0.6 is 11.6 Å². The van der Waals surface area contributed by atoms with Gasteiger partial charge in [-0.2, -0.15) is 10.4 Å². The van der Waals surface area contributed by atoms with Crippen molar-refractivity contribution in [2.45, 2.75) is 47.3 Å². The molecule has 9 heteroatoms. The number of carbonyl (C=O) groups is 1. The van der Waals surface area contributed by atoms with Gasteiger partial charge in [0.1, 0.15) is 11.6 Å². The molecule has 1 N–H and O–H groups in total. The molecule has 2 rings (SSSR count). The number of nitrogens with zero attached hydrogens (tertiary/aromatic N) is 4. The average Bonchev–Trinajstić information content (AvgIpc) is 2.66. The third-order valence-electron chi connectivity index (χ3n) is 4.09. The van der Waals surface area contributed by atoms with Gasteiger partial charge in [-0.05, 0) is 44.9 Å². The van der Waals surface area contributed by atoms with E-state index in [2.05, 4.69) is 10.2 Å². The van der Waals surface area contributed by atoms with Crippen molar-refractivity contribution in [3.8, 4) is 11.9 Å². The number of azo groups is 1. The molecule has 1 aromatic heterocycles. The van der Waals surface area contributed by atoms with Gasteiger partial charge in [-0.15, -0.1) is 5.11 Å². The monoisotopic (exact) mass is 430 g/mol. The molecule has 0 unspecified atom stereocenters. The van der Waals surface area contributed by atoms with E-state index in [1.54, 1.807) is 13.8 Å². The molecule has 0 bridgehead atoms. The van der Waals surface area contributed by atoms with Crippen LogP contribution in [0.15, 0.2) is 33.2 Å². The number of benzene rings is 1. The van der Waals surface area contributed by atoms with E-state index in [0.717, 1.165) is 4.57 Å². The fraction of sp³-hybridized carbons (Fsp3) is 0.381. The van der Waals surface area contributed by atoms with Crippen LogP contribution < -0.4 is 5.56 Å². The van der Waals surface area contributed by atoms with Crippen LogP contribution in [0.25, 0.3) is 0 Å². The van der Waals surface area contributed by atoms with E-state index in [9.17, 15) is 20.0 Å². The highest BCUT2D eigenvalue weighted by Gasteiger charge is 2.20. The van der Waals surface area contributed by atoms with Crippen LogP contribution in [-0.4, -0.2) is 21.7 Å². The Morgan fingerprint density at radius 2 is 1.97 bits per heavy atom. The smallest absolute Gasteiger partial charge is 0.339 e. The van der Waals surface area contributed by atoms with E-state index in [4.69, 9.17) is 16.3 Å². The first-order valence-corrected chi connectivity index (χ1v) is 9.73. The zero-order valence-corrected chi connectivity index (χ0v) is 18.2. The van der Waals surface area contributed by atoms with Gasteiger partial charge >= 0.3 is 5.97 Å². The lowest BCUT2D eigenvalue weighted by Gasteiger charge is -2.14. The van der Waals surface area contributed by atoms with Crippen molar-refractivity contribution in [1.29, 1.82) is 5.26 Å². The molecule has 0 amide bonds. The fourth-order valence-electron chi connectivity index (χ4n) is 2.71. The molecule has 1 aromatic carbocycles. The van der Waals surface area contributed by atoms with Gasteiger partial charge in [0.25, 0.3) is 5.56 Å². The predicted octanol–water partition coefficient (Wildman–Crippen LogP) is 5.02. The van der Waals surface area contributed by atoms with Gasteiger partial charge in [0.2, 0.25) is 5.88 Å². The molecular weight excluding hydrogens is 408 g/mol. The van der Waals surface area contributed by atoms with Crippen LogP contribution in [0.4, 0.5) is 11.4 Å². The van der Waals surface area contributed by atoms with Gasteiger partial charge in [-0.3, -0.25) is 9.36 Å². The summed E-state index contributed by atoms with van der Waals surface area (Å²) < 4.78 is 6.27. The van der Waals surface area contributed by atoms with Crippen LogP contribution in [0, 0.1) is 24.2 Å². The lowest BCUT2D eigenvalue weighted by Crippen LogP contribution is -2.24. The number of ether oxygens (including phenoxy) is 1. The molecule has 0 aliphatic rings. The van der Waals surface area contributed by atoms with E-state index in [-0.39, 0.29) is 51.7 Å². The van der Waals surface area contributed by atoms with Crippen LogP contribution in [-0.2, 0) is 11.3 Å². The van der Waals surface area contributed by atoms with E-state index >= 15 is 0 Å². The van der Waals surface area contributed by atoms with E-state index in [0.29, 0.717) is 0 Å². The number of halogens is 1. The first kappa shape index (κ1) is 23.1. The van der Waals surface area contributed by atoms with Crippen molar-refractivity contribution >= 4 is 28.9 Å². The second-order valence-corrected chi connectivity index (χ2v) is 7.82. The Morgan fingerprint density at radius 3 is 2.53 bits per heavy atom. The molecular formula is C21H23ClN4O4. The number of pyridine rings is 1. The first-order valence-electron chi connectivity index (χ1n) is 9.35. The molecule has 0 atom stereocenters. The van der Waals surface area contributed by atoms with Gasteiger partial charge in [0, 0.05) is 12.1 Å². The SMILES string of the molecule is Cc1c(C#N)c(O)n(CC(C)C)c(=O)c1N=Nc1ccc(Cl)c(C(=O)OC(C)C)c1. The number of hydrogen-bond donors (Lipinski definition) is 1. The molecule has 0 aliphatic carbocycles. The van der Waals surface area contributed by atoms with Crippen molar-refractivity contribution in [1.82, 2.24) is 4.57 Å². The normalized spacial score (nSPS) is 11.3. The number of nitriles is 1. The summed E-state index contributed by atoms with van der Waals surface area (Å²) in [5, 5.41) is 28.0. The second kappa shape index (κ2) is 9.55. The summed E-state index contributed by atoms with van der Waals surface area (Å²) in [6.07, 6.45) is -0.317. The Kier molecular flexibility index (Phi) is 7.35. The summed E-state index contributed by atoms with van der Waals surface area (Å²) in [7, 11) is 0. The number of aromatic hydroxyl groups is 1. The van der Waals surface area contributed by atoms with Crippen LogP contribution in [0.5, 0.6) is 5.88 Å². The minimum absolute atomic E-state index is 0.0403. The van der Waals surface area contributed by atoms with E-state index < -0.39 is 17.4 Å². The molecule has 0 radical (unpaired) electrons. The standard InChI is InChI=1S/C21H23ClN4O4/c1-11(2)10-26-19(27)16(9-23)13(5)18(20(26)28)25-24-14-6-7-17(22)15(8-14)21(29)30-12(3)4/h6-8,11-12,27H,10H2,1-5H3. The topological polar surface area (TPSA) is 117 Å². The zero-order valence-electron chi connectivity index (χ0n) is 17.4. The lowest BCUT2D eigenvalue weighted by atomic mass is 10.1. The Balaban J connectivity index is 2.54. The quantitative estimate of drug-likeness (QED) is 0.509. The highest BCUT2D eigenvalue weighted by Crippen LogP contribution is 2.29. The maximum absolute atomic E-state index is 12.8. The van der Waals surface area contributed by atoms with Crippen molar-refractivity contribution in [3.05, 3.63) is 50.3 Å². The van der Waals surface area contributed by atoms with Crippen LogP contribution in [0.1, 0.15) is 49.2 Å². The lowest BCUT2D eigenvalue weighted by molar-refractivity contribution is 0.0378. The molecule has 0 fully saturated rings. The maximum atomic E-state index is 12.8. The highest BCUT2D eigenvalue weighted by atomic mass is 35.5. The molecule has 0 spiro atoms. The third kappa shape index (κ3) is 5.05. The van der Waals surface area contributed by atoms with Crippen molar-refractivity contribution in [2.24, 2.45) is 16.1 Å². The van der Waals surface area contributed by atoms with Gasteiger partial charge < -0.3 is 9.84 Å². The maximum Gasteiger partial charge on any atom is 0.339 e. The number of rotatable bonds is 6. The van der Waals surface area contributed by atoms with E-state index in [1.165, 1.54) is 25.1 Å². The molecule has 2 aromatic rings. The zero-order chi connectivity index (χ0) is 22.6. The third-order valence-corrected chi connectivity index (χ3v) is 4.42. The Labute approximate surface area is 179 Å². The van der Waals surface area contributed by atoms with Gasteiger partial charge in [-0.25, -0.2) is 4.79 Å². The Bertz CT molecular complexity index is 1100. The summed E-state index contributed by atoms with van der Waals surface area (Å²) in [5.41, 5.74) is -0.0464. The molecule has 158 valence electrons. The fourth-order valence-corrected chi connectivity index (χ4v) is 2.90. The second-order valence-electron chi connectivity index (χ2n) is 7.41. The summed E-state index contributed by atoms with van der Waals surface area (Å²) >= 11 is 6.08. The highest BCUT2D eigenvalue weighted by molar-refractivity contribution is 6.33. The van der Waals surface area contributed by atoms with Crippen LogP contribution in [0.3, 0.4) is 0 Å². The van der Waals surface area contributed by atoms with Crippen molar-refractivity contribution < 1.29 is 14.6 Å². The van der Waals surface area contributed by atoms with Crippen molar-refractivity contribution in [3.63, 3.8) is 0 Å². The Hall–Kier alpha value is -3.18. The largest absolute Gasteiger partial charge is 0.493 e. The molecule has 0 aliphatic heterocycles. The van der Waals surface area contributed by atoms with Gasteiger partial charge in [-0.1, -0.05) is 25.4 Å². The molecule has 1 heterocycles. The number of esters is 1. The summed E-state index contributed by atoms with van der Waals surface area (Å²) in [5.74, 6) is -0.935. The molecule has 30 heavy (non-hydrogen) atoms. The Morgan fingerprint density at radius 1 is 1.30 bits per heavy atom. The number of hydrogen-bond acceptors (Lipinski definition) is 7. The predicted molar refractivity (Wildman–Crippen MR) is 113 cm³/mol. The summed E-state index contributed by atoms with van der Waals surface area (Å²) in [6, 6.07) is 6.32. The summed E-state index contributed by atoms with van der Waals surface area (Å²) in [4.78, 5) is 25.0. The molecule has 0 saturated carbocycles. The minimum Gasteiger partial charge on any atom is -0.493 e. The van der Waals surface area contributed by atoms with Gasteiger partial charge in [0.05, 0.1) is 22.4 Å². The average molecular weight is 431 g/mol. The first-order chi connectivity index (χ1) is 14.1. The molecule has 8 nitrogen and oxygen atoms in total. The number of carbonyl (C=O) groups excluding carboxylic acids is 1. The molecule has 0 saturated heterocycles. The number of aromatic nitrogens is 1. The van der Waals surface area contributed by atoms with Crippen LogP contribution in [0.2, 0.25) is 5.02 Å². The van der Waals surface area contributed by atoms with Crippen molar-refractivity contribution in [2.75, 3.05) is 0 Å². The summed E-state index contributed by atoms with van der Waals surface area (Å²) in [6.45, 7) is 8.93. The minimum atomic E-state index is -0.598. The van der Waals surface area contributed by atoms with E-state index in [1.807, 2.05) is 19.9 Å².